The summed E-state index contributed by atoms with van der Waals surface area (Å²) in [6.07, 6.45) is 2.30. The zero-order chi connectivity index (χ0) is 12.7. The Kier molecular flexibility index (Phi) is 6.45. The van der Waals surface area contributed by atoms with Gasteiger partial charge in [-0.05, 0) is 24.5 Å². The second-order valence-electron chi connectivity index (χ2n) is 4.34. The molecule has 0 N–H and O–H groups in total. The molecule has 0 aliphatic carbocycles. The average Bonchev–Trinajstić information content (AvgIpc) is 2.29. The molecular formula is C14H19BrO2. The summed E-state index contributed by atoms with van der Waals surface area (Å²) in [5.74, 6) is 0.560. The van der Waals surface area contributed by atoms with E-state index >= 15 is 0 Å². The topological polar surface area (TPSA) is 26.3 Å². The van der Waals surface area contributed by atoms with E-state index in [1.54, 1.807) is 0 Å². The van der Waals surface area contributed by atoms with Crippen molar-refractivity contribution in [2.24, 2.45) is 5.92 Å². The number of carbonyl (C=O) groups is 1. The molecule has 94 valence electrons. The van der Waals surface area contributed by atoms with E-state index in [-0.39, 0.29) is 12.4 Å². The third-order valence-corrected chi connectivity index (χ3v) is 3.06. The van der Waals surface area contributed by atoms with Gasteiger partial charge in [-0.3, -0.25) is 4.79 Å². The van der Waals surface area contributed by atoms with Gasteiger partial charge in [-0.25, -0.2) is 0 Å². The first-order valence-electron chi connectivity index (χ1n) is 6.00. The smallest absolute Gasteiger partial charge is 0.188 e. The van der Waals surface area contributed by atoms with Crippen LogP contribution < -0.4 is 0 Å². The first kappa shape index (κ1) is 14.4. The first-order valence-corrected chi connectivity index (χ1v) is 6.79. The lowest BCUT2D eigenvalue weighted by Crippen LogP contribution is -2.13. The van der Waals surface area contributed by atoms with E-state index in [4.69, 9.17) is 4.74 Å². The highest BCUT2D eigenvalue weighted by atomic mass is 79.9. The van der Waals surface area contributed by atoms with E-state index in [1.165, 1.54) is 0 Å². The highest BCUT2D eigenvalue weighted by Crippen LogP contribution is 2.12. The van der Waals surface area contributed by atoms with E-state index in [1.807, 2.05) is 24.3 Å². The Morgan fingerprint density at radius 1 is 1.47 bits per heavy atom. The molecule has 1 aromatic carbocycles. The van der Waals surface area contributed by atoms with E-state index in [9.17, 15) is 4.79 Å². The molecule has 0 spiro atoms. The molecule has 1 rings (SSSR count). The molecule has 1 atom stereocenters. The monoisotopic (exact) mass is 298 g/mol. The Morgan fingerprint density at radius 3 is 2.88 bits per heavy atom. The molecule has 17 heavy (non-hydrogen) atoms. The fraction of sp³-hybridized carbons (Fsp3) is 0.500. The van der Waals surface area contributed by atoms with Crippen molar-refractivity contribution in [3.8, 4) is 0 Å². The summed E-state index contributed by atoms with van der Waals surface area (Å²) in [4.78, 5) is 11.8. The van der Waals surface area contributed by atoms with Gasteiger partial charge in [0.05, 0.1) is 0 Å². The number of Topliss-reactive ketones (excluding diaryl/α,β-unsaturated/α-hetero) is 1. The summed E-state index contributed by atoms with van der Waals surface area (Å²) >= 11 is 3.35. The van der Waals surface area contributed by atoms with Crippen molar-refractivity contribution in [2.45, 2.75) is 26.7 Å². The van der Waals surface area contributed by atoms with Crippen molar-refractivity contribution >= 4 is 21.7 Å². The van der Waals surface area contributed by atoms with Gasteiger partial charge in [0.2, 0.25) is 0 Å². The van der Waals surface area contributed by atoms with Crippen LogP contribution in [0.3, 0.4) is 0 Å². The van der Waals surface area contributed by atoms with Crippen molar-refractivity contribution in [3.05, 3.63) is 34.3 Å². The number of ether oxygens (including phenoxy) is 1. The Bertz CT molecular complexity index is 363. The Labute approximate surface area is 111 Å². The predicted octanol–water partition coefficient (Wildman–Crippen LogP) is 4.08. The van der Waals surface area contributed by atoms with Crippen molar-refractivity contribution in [1.29, 1.82) is 0 Å². The van der Waals surface area contributed by atoms with Gasteiger partial charge in [0.25, 0.3) is 0 Å². The fourth-order valence-electron chi connectivity index (χ4n) is 1.67. The zero-order valence-electron chi connectivity index (χ0n) is 10.4. The summed E-state index contributed by atoms with van der Waals surface area (Å²) in [7, 11) is 0. The summed E-state index contributed by atoms with van der Waals surface area (Å²) in [5, 5.41) is 0. The SMILES string of the molecule is CCCC(C)COCC(=O)c1cccc(Br)c1. The molecule has 0 radical (unpaired) electrons. The summed E-state index contributed by atoms with van der Waals surface area (Å²) in [6, 6.07) is 7.39. The quantitative estimate of drug-likeness (QED) is 0.709. The fourth-order valence-corrected chi connectivity index (χ4v) is 2.07. The lowest BCUT2D eigenvalue weighted by atomic mass is 10.1. The van der Waals surface area contributed by atoms with Gasteiger partial charge in [-0.1, -0.05) is 48.3 Å². The van der Waals surface area contributed by atoms with Crippen LogP contribution in [0.4, 0.5) is 0 Å². The number of benzene rings is 1. The highest BCUT2D eigenvalue weighted by molar-refractivity contribution is 9.10. The van der Waals surface area contributed by atoms with Gasteiger partial charge in [0.15, 0.2) is 5.78 Å². The van der Waals surface area contributed by atoms with Crippen molar-refractivity contribution in [3.63, 3.8) is 0 Å². The lowest BCUT2D eigenvalue weighted by molar-refractivity contribution is 0.0683. The minimum absolute atomic E-state index is 0.0370. The zero-order valence-corrected chi connectivity index (χ0v) is 12.0. The van der Waals surface area contributed by atoms with E-state index in [0.717, 1.165) is 17.3 Å². The van der Waals surface area contributed by atoms with Crippen LogP contribution in [0.2, 0.25) is 0 Å². The van der Waals surface area contributed by atoms with Crippen LogP contribution >= 0.6 is 15.9 Å². The molecule has 0 heterocycles. The molecule has 0 fully saturated rings. The molecular weight excluding hydrogens is 280 g/mol. The standard InChI is InChI=1S/C14H19BrO2/c1-3-5-11(2)9-17-10-14(16)12-6-4-7-13(15)8-12/h4,6-8,11H,3,5,9-10H2,1-2H3. The number of carbonyl (C=O) groups excluding carboxylic acids is 1. The third kappa shape index (κ3) is 5.46. The van der Waals surface area contributed by atoms with Crippen molar-refractivity contribution < 1.29 is 9.53 Å². The molecule has 2 nitrogen and oxygen atoms in total. The first-order chi connectivity index (χ1) is 8.13. The molecule has 0 aliphatic rings. The van der Waals surface area contributed by atoms with Gasteiger partial charge < -0.3 is 4.74 Å². The second-order valence-corrected chi connectivity index (χ2v) is 5.26. The molecule has 0 saturated heterocycles. The Morgan fingerprint density at radius 2 is 2.24 bits per heavy atom. The number of rotatable bonds is 7. The summed E-state index contributed by atoms with van der Waals surface area (Å²) in [6.45, 7) is 5.13. The maximum atomic E-state index is 11.8. The van der Waals surface area contributed by atoms with Crippen LogP contribution in [0.5, 0.6) is 0 Å². The van der Waals surface area contributed by atoms with Gasteiger partial charge in [0.1, 0.15) is 6.61 Å². The van der Waals surface area contributed by atoms with Crippen LogP contribution in [0.15, 0.2) is 28.7 Å². The molecule has 0 aromatic heterocycles. The van der Waals surface area contributed by atoms with E-state index in [0.29, 0.717) is 18.1 Å². The van der Waals surface area contributed by atoms with Crippen LogP contribution in [-0.2, 0) is 4.74 Å². The van der Waals surface area contributed by atoms with Crippen LogP contribution in [-0.4, -0.2) is 19.0 Å². The third-order valence-electron chi connectivity index (χ3n) is 2.56. The largest absolute Gasteiger partial charge is 0.373 e. The van der Waals surface area contributed by atoms with E-state index < -0.39 is 0 Å². The lowest BCUT2D eigenvalue weighted by Gasteiger charge is -2.10. The summed E-state index contributed by atoms with van der Waals surface area (Å²) < 4.78 is 6.36. The molecule has 0 saturated carbocycles. The van der Waals surface area contributed by atoms with Crippen LogP contribution in [0, 0.1) is 5.92 Å². The van der Waals surface area contributed by atoms with Crippen molar-refractivity contribution in [1.82, 2.24) is 0 Å². The van der Waals surface area contributed by atoms with Gasteiger partial charge in [-0.2, -0.15) is 0 Å². The van der Waals surface area contributed by atoms with Crippen LogP contribution in [0.25, 0.3) is 0 Å². The second kappa shape index (κ2) is 7.62. The van der Waals surface area contributed by atoms with E-state index in [2.05, 4.69) is 29.8 Å². The molecule has 1 unspecified atom stereocenters. The van der Waals surface area contributed by atoms with Gasteiger partial charge in [0, 0.05) is 16.6 Å². The van der Waals surface area contributed by atoms with Gasteiger partial charge in [-0.15, -0.1) is 0 Å². The number of ketones is 1. The molecule has 3 heteroatoms. The number of hydrogen-bond acceptors (Lipinski definition) is 2. The molecule has 0 amide bonds. The Hall–Kier alpha value is -0.670. The minimum Gasteiger partial charge on any atom is -0.373 e. The maximum absolute atomic E-state index is 11.8. The molecule has 0 aliphatic heterocycles. The predicted molar refractivity (Wildman–Crippen MR) is 73.4 cm³/mol. The van der Waals surface area contributed by atoms with Gasteiger partial charge >= 0.3 is 0 Å². The van der Waals surface area contributed by atoms with Crippen LogP contribution in [0.1, 0.15) is 37.0 Å². The van der Waals surface area contributed by atoms with Crippen molar-refractivity contribution in [2.75, 3.05) is 13.2 Å². The highest BCUT2D eigenvalue weighted by Gasteiger charge is 2.07. The number of halogens is 1. The average molecular weight is 299 g/mol. The molecule has 0 bridgehead atoms. The normalized spacial score (nSPS) is 12.4. The number of hydrogen-bond donors (Lipinski definition) is 0. The minimum atomic E-state index is 0.0370. The maximum Gasteiger partial charge on any atom is 0.188 e. The Balaban J connectivity index is 2.35. The summed E-state index contributed by atoms with van der Waals surface area (Å²) in [5.41, 5.74) is 0.697. The molecule has 1 aromatic rings.